The highest BCUT2D eigenvalue weighted by molar-refractivity contribution is 6.71. The fraction of sp³-hybridized carbons (Fsp3) is 1.00. The Morgan fingerprint density at radius 1 is 0.741 bits per heavy atom. The lowest BCUT2D eigenvalue weighted by Gasteiger charge is -2.38. The van der Waals surface area contributed by atoms with E-state index in [4.69, 9.17) is 22.4 Å². The molecule has 1 aliphatic heterocycles. The summed E-state index contributed by atoms with van der Waals surface area (Å²) in [5, 5.41) is 0. The molecule has 0 bridgehead atoms. The Morgan fingerprint density at radius 3 is 1.67 bits per heavy atom. The summed E-state index contributed by atoms with van der Waals surface area (Å²) < 4.78 is 32.1. The second kappa shape index (κ2) is 9.21. The molecule has 0 saturated carbocycles. The Balaban J connectivity index is 3.07. The van der Waals surface area contributed by atoms with Gasteiger partial charge in [-0.1, -0.05) is 0 Å². The maximum Gasteiger partial charge on any atom is 0.184 e. The van der Waals surface area contributed by atoms with Gasteiger partial charge >= 0.3 is 0 Å². The highest BCUT2D eigenvalue weighted by atomic mass is 28.4. The summed E-state index contributed by atoms with van der Waals surface area (Å²) in [6, 6.07) is 0. The molecule has 1 fully saturated rings. The molecule has 4 unspecified atom stereocenters. The van der Waals surface area contributed by atoms with Crippen LogP contribution in [0.2, 0.25) is 78.6 Å². The summed E-state index contributed by atoms with van der Waals surface area (Å²) >= 11 is 0. The average molecular weight is 453 g/mol. The van der Waals surface area contributed by atoms with Crippen molar-refractivity contribution in [1.29, 1.82) is 0 Å². The molecule has 0 aromatic rings. The van der Waals surface area contributed by atoms with Crippen LogP contribution in [0.15, 0.2) is 0 Å². The summed E-state index contributed by atoms with van der Waals surface area (Å²) in [6.45, 7) is 27.7. The predicted octanol–water partition coefficient (Wildman–Crippen LogP) is 4.90. The summed E-state index contributed by atoms with van der Waals surface area (Å²) in [5.74, 6) is 0. The maximum atomic E-state index is 6.60. The highest BCUT2D eigenvalue weighted by Crippen LogP contribution is 2.31. The van der Waals surface area contributed by atoms with Gasteiger partial charge in [0.25, 0.3) is 0 Å². The molecule has 1 aliphatic rings. The molecule has 0 radical (unpaired) electrons. The van der Waals surface area contributed by atoms with Gasteiger partial charge < -0.3 is 22.4 Å². The standard InChI is InChI=1S/C18H44O5Si4/c1-24(2,3)20-14-16(22-26(7,8)9)17-18(23-27(10,11)12)15(13-19-17)21-25(4,5)6/h15-18H,13-14H2,1-12H3. The SMILES string of the molecule is C[Si](C)(C)OCC(O[Si](C)(C)C)C1OCC(O[Si](C)(C)C)C1O[Si](C)(C)C. The van der Waals surface area contributed by atoms with Gasteiger partial charge in [0.05, 0.1) is 25.4 Å². The zero-order valence-electron chi connectivity index (χ0n) is 19.8. The van der Waals surface area contributed by atoms with Gasteiger partial charge in [-0.15, -0.1) is 0 Å². The van der Waals surface area contributed by atoms with E-state index >= 15 is 0 Å². The van der Waals surface area contributed by atoms with Crippen LogP contribution >= 0.6 is 0 Å². The van der Waals surface area contributed by atoms with Crippen molar-refractivity contribution in [3.63, 3.8) is 0 Å². The quantitative estimate of drug-likeness (QED) is 0.441. The minimum atomic E-state index is -1.77. The largest absolute Gasteiger partial charge is 0.415 e. The molecule has 1 rings (SSSR count). The first-order valence-corrected chi connectivity index (χ1v) is 23.8. The smallest absolute Gasteiger partial charge is 0.184 e. The normalized spacial score (nSPS) is 26.4. The van der Waals surface area contributed by atoms with Gasteiger partial charge in [0.1, 0.15) is 12.2 Å². The van der Waals surface area contributed by atoms with E-state index in [9.17, 15) is 0 Å². The third-order valence-corrected chi connectivity index (χ3v) is 7.72. The van der Waals surface area contributed by atoms with Crippen LogP contribution in [0.4, 0.5) is 0 Å². The van der Waals surface area contributed by atoms with Crippen LogP contribution in [-0.2, 0) is 22.4 Å². The van der Waals surface area contributed by atoms with Gasteiger partial charge in [-0.05, 0) is 78.6 Å². The van der Waals surface area contributed by atoms with E-state index in [-0.39, 0.29) is 24.4 Å². The Bertz CT molecular complexity index is 462. The van der Waals surface area contributed by atoms with Gasteiger partial charge in [-0.2, -0.15) is 0 Å². The Hall–Kier alpha value is 0.668. The van der Waals surface area contributed by atoms with E-state index in [1.807, 2.05) is 0 Å². The number of rotatable bonds is 10. The molecule has 162 valence electrons. The van der Waals surface area contributed by atoms with Gasteiger partial charge in [-0.3, -0.25) is 0 Å². The van der Waals surface area contributed by atoms with Crippen molar-refractivity contribution in [3.8, 4) is 0 Å². The third-order valence-electron chi connectivity index (χ3n) is 3.69. The monoisotopic (exact) mass is 452 g/mol. The van der Waals surface area contributed by atoms with E-state index in [2.05, 4.69) is 78.6 Å². The van der Waals surface area contributed by atoms with Crippen LogP contribution in [0.1, 0.15) is 0 Å². The fourth-order valence-corrected chi connectivity index (χ4v) is 7.00. The second-order valence-electron chi connectivity index (χ2n) is 11.5. The summed E-state index contributed by atoms with van der Waals surface area (Å²) in [7, 11) is -6.88. The maximum absolute atomic E-state index is 6.60. The molecule has 4 atom stereocenters. The van der Waals surface area contributed by atoms with Crippen LogP contribution in [0, 0.1) is 0 Å². The molecule has 0 spiro atoms. The van der Waals surface area contributed by atoms with E-state index in [0.29, 0.717) is 13.2 Å². The Labute approximate surface area is 172 Å². The first-order valence-electron chi connectivity index (χ1n) is 10.2. The minimum Gasteiger partial charge on any atom is -0.415 e. The fourth-order valence-electron chi connectivity index (χ4n) is 3.01. The molecule has 27 heavy (non-hydrogen) atoms. The zero-order chi connectivity index (χ0) is 21.3. The second-order valence-corrected chi connectivity index (χ2v) is 29.3. The van der Waals surface area contributed by atoms with Gasteiger partial charge in [-0.25, -0.2) is 0 Å². The van der Waals surface area contributed by atoms with Gasteiger partial charge in [0.2, 0.25) is 0 Å². The summed E-state index contributed by atoms with van der Waals surface area (Å²) in [4.78, 5) is 0. The molecule has 0 amide bonds. The number of hydrogen-bond acceptors (Lipinski definition) is 5. The lowest BCUT2D eigenvalue weighted by atomic mass is 10.1. The van der Waals surface area contributed by atoms with Crippen molar-refractivity contribution < 1.29 is 22.4 Å². The van der Waals surface area contributed by atoms with Crippen LogP contribution < -0.4 is 0 Å². The molecule has 0 N–H and O–H groups in total. The number of hydrogen-bond donors (Lipinski definition) is 0. The van der Waals surface area contributed by atoms with E-state index in [0.717, 1.165) is 0 Å². The van der Waals surface area contributed by atoms with Crippen LogP contribution in [0.3, 0.4) is 0 Å². The minimum absolute atomic E-state index is 0.0204. The number of ether oxygens (including phenoxy) is 1. The lowest BCUT2D eigenvalue weighted by Crippen LogP contribution is -2.53. The third kappa shape index (κ3) is 10.9. The van der Waals surface area contributed by atoms with E-state index in [1.54, 1.807) is 0 Å². The Kier molecular flexibility index (Phi) is 8.77. The predicted molar refractivity (Wildman–Crippen MR) is 124 cm³/mol. The molecule has 0 aromatic carbocycles. The molecule has 1 heterocycles. The molecule has 5 nitrogen and oxygen atoms in total. The van der Waals surface area contributed by atoms with Crippen molar-refractivity contribution in [2.75, 3.05) is 13.2 Å². The van der Waals surface area contributed by atoms with E-state index in [1.165, 1.54) is 0 Å². The molecule has 9 heteroatoms. The summed E-state index contributed by atoms with van der Waals surface area (Å²) in [6.07, 6.45) is -0.357. The van der Waals surface area contributed by atoms with E-state index < -0.39 is 33.3 Å². The molecular weight excluding hydrogens is 409 g/mol. The van der Waals surface area contributed by atoms with Crippen LogP contribution in [-0.4, -0.2) is 70.9 Å². The van der Waals surface area contributed by atoms with Gasteiger partial charge in [0.15, 0.2) is 33.3 Å². The van der Waals surface area contributed by atoms with Crippen molar-refractivity contribution in [1.82, 2.24) is 0 Å². The van der Waals surface area contributed by atoms with Crippen molar-refractivity contribution in [2.24, 2.45) is 0 Å². The van der Waals surface area contributed by atoms with Crippen molar-refractivity contribution in [3.05, 3.63) is 0 Å². The highest BCUT2D eigenvalue weighted by Gasteiger charge is 2.47. The Morgan fingerprint density at radius 2 is 1.26 bits per heavy atom. The topological polar surface area (TPSA) is 46.2 Å². The molecule has 0 aliphatic carbocycles. The first kappa shape index (κ1) is 25.7. The summed E-state index contributed by atoms with van der Waals surface area (Å²) in [5.41, 5.74) is 0. The van der Waals surface area contributed by atoms with Crippen molar-refractivity contribution >= 4 is 33.3 Å². The van der Waals surface area contributed by atoms with Crippen LogP contribution in [0.5, 0.6) is 0 Å². The lowest BCUT2D eigenvalue weighted by molar-refractivity contribution is -0.0521. The molecule has 1 saturated heterocycles. The zero-order valence-corrected chi connectivity index (χ0v) is 23.8. The average Bonchev–Trinajstić information content (AvgIpc) is 2.71. The van der Waals surface area contributed by atoms with Crippen molar-refractivity contribution in [2.45, 2.75) is 103 Å². The molecule has 0 aromatic heterocycles. The van der Waals surface area contributed by atoms with Crippen LogP contribution in [0.25, 0.3) is 0 Å². The molecular formula is C18H44O5Si4. The van der Waals surface area contributed by atoms with Gasteiger partial charge in [0, 0.05) is 0 Å². The first-order chi connectivity index (χ1) is 11.9.